The van der Waals surface area contributed by atoms with E-state index in [1.165, 1.54) is 13.2 Å². The van der Waals surface area contributed by atoms with Crippen LogP contribution in [0.4, 0.5) is 0 Å². The molecule has 0 unspecified atom stereocenters. The van der Waals surface area contributed by atoms with Gasteiger partial charge in [0.1, 0.15) is 5.75 Å². The number of halogens is 1. The second-order valence-electron chi connectivity index (χ2n) is 4.66. The Balaban J connectivity index is 1.98. The van der Waals surface area contributed by atoms with Crippen molar-refractivity contribution in [3.63, 3.8) is 0 Å². The number of rotatable bonds is 2. The van der Waals surface area contributed by atoms with Gasteiger partial charge < -0.3 is 9.47 Å². The Hall–Kier alpha value is -2.59. The van der Waals surface area contributed by atoms with Crippen LogP contribution in [0.1, 0.15) is 26.3 Å². The highest BCUT2D eigenvalue weighted by Gasteiger charge is 2.28. The molecule has 0 saturated carbocycles. The van der Waals surface area contributed by atoms with Gasteiger partial charge in [-0.2, -0.15) is 0 Å². The van der Waals surface area contributed by atoms with E-state index in [0.717, 1.165) is 0 Å². The average molecular weight is 315 g/mol. The summed E-state index contributed by atoms with van der Waals surface area (Å²) in [5, 5.41) is 0.526. The zero-order chi connectivity index (χ0) is 15.7. The summed E-state index contributed by atoms with van der Waals surface area (Å²) in [6.45, 7) is 0. The van der Waals surface area contributed by atoms with Crippen LogP contribution in [0.5, 0.6) is 5.75 Å². The molecule has 3 rings (SSSR count). The predicted octanol–water partition coefficient (Wildman–Crippen LogP) is 3.74. The van der Waals surface area contributed by atoms with E-state index in [1.807, 2.05) is 6.07 Å². The maximum atomic E-state index is 12.4. The van der Waals surface area contributed by atoms with Crippen molar-refractivity contribution in [1.29, 1.82) is 0 Å². The number of fused-ring (bicyclic) bond motifs is 1. The monoisotopic (exact) mass is 314 g/mol. The predicted molar refractivity (Wildman–Crippen MR) is 82.2 cm³/mol. The van der Waals surface area contributed by atoms with Crippen LogP contribution >= 0.6 is 11.6 Å². The first-order valence-electron chi connectivity index (χ1n) is 6.51. The first-order chi connectivity index (χ1) is 10.6. The largest absolute Gasteiger partial charge is 0.465 e. The first kappa shape index (κ1) is 14.4. The first-order valence-corrected chi connectivity index (χ1v) is 6.89. The van der Waals surface area contributed by atoms with Gasteiger partial charge in [-0.3, -0.25) is 4.79 Å². The lowest BCUT2D eigenvalue weighted by Crippen LogP contribution is -2.03. The fourth-order valence-electron chi connectivity index (χ4n) is 2.17. The van der Waals surface area contributed by atoms with Crippen molar-refractivity contribution < 1.29 is 19.1 Å². The van der Waals surface area contributed by atoms with Gasteiger partial charge in [0.25, 0.3) is 0 Å². The standard InChI is InChI=1S/C17H11ClO4/c1-21-17(20)11-6-7-14-12(8-11)16(19)15(22-14)9-10-4-2-3-5-13(10)18/h2-9H,1H3/b15-9-. The summed E-state index contributed by atoms with van der Waals surface area (Å²) in [7, 11) is 1.29. The van der Waals surface area contributed by atoms with Gasteiger partial charge in [0.2, 0.25) is 5.78 Å². The molecule has 110 valence electrons. The Morgan fingerprint density at radius 2 is 2.00 bits per heavy atom. The van der Waals surface area contributed by atoms with Crippen LogP contribution in [0.15, 0.2) is 48.2 Å². The van der Waals surface area contributed by atoms with Crippen molar-refractivity contribution >= 4 is 29.4 Å². The Bertz CT molecular complexity index is 808. The van der Waals surface area contributed by atoms with Crippen molar-refractivity contribution in [3.8, 4) is 5.75 Å². The third-order valence-corrected chi connectivity index (χ3v) is 3.63. The summed E-state index contributed by atoms with van der Waals surface area (Å²) in [5.74, 6) is -0.208. The second-order valence-corrected chi connectivity index (χ2v) is 5.07. The van der Waals surface area contributed by atoms with Gasteiger partial charge in [-0.1, -0.05) is 29.8 Å². The highest BCUT2D eigenvalue weighted by atomic mass is 35.5. The summed E-state index contributed by atoms with van der Waals surface area (Å²) < 4.78 is 10.2. The Kier molecular flexibility index (Phi) is 3.69. The molecule has 2 aromatic carbocycles. The highest BCUT2D eigenvalue weighted by Crippen LogP contribution is 2.33. The molecule has 5 heteroatoms. The number of ether oxygens (including phenoxy) is 2. The normalized spacial score (nSPS) is 14.6. The Morgan fingerprint density at radius 3 is 2.73 bits per heavy atom. The van der Waals surface area contributed by atoms with Gasteiger partial charge in [-0.15, -0.1) is 0 Å². The molecule has 0 aromatic heterocycles. The number of hydrogen-bond donors (Lipinski definition) is 0. The lowest BCUT2D eigenvalue weighted by atomic mass is 10.1. The molecule has 0 aliphatic carbocycles. The number of Topliss-reactive ketones (excluding diaryl/α,β-unsaturated/α-hetero) is 1. The number of esters is 1. The van der Waals surface area contributed by atoms with Gasteiger partial charge in [-0.25, -0.2) is 4.79 Å². The molecule has 0 N–H and O–H groups in total. The van der Waals surface area contributed by atoms with Gasteiger partial charge in [-0.05, 0) is 35.9 Å². The van der Waals surface area contributed by atoms with E-state index >= 15 is 0 Å². The van der Waals surface area contributed by atoms with Gasteiger partial charge >= 0.3 is 5.97 Å². The molecular weight excluding hydrogens is 304 g/mol. The van der Waals surface area contributed by atoms with Gasteiger partial charge in [0.15, 0.2) is 5.76 Å². The molecule has 2 aromatic rings. The van der Waals surface area contributed by atoms with E-state index in [1.54, 1.807) is 36.4 Å². The third-order valence-electron chi connectivity index (χ3n) is 3.28. The fourth-order valence-corrected chi connectivity index (χ4v) is 2.36. The van der Waals surface area contributed by atoms with Crippen LogP contribution in [0.3, 0.4) is 0 Å². The lowest BCUT2D eigenvalue weighted by Gasteiger charge is -2.01. The molecule has 0 bridgehead atoms. The van der Waals surface area contributed by atoms with E-state index in [9.17, 15) is 9.59 Å². The molecular formula is C17H11ClO4. The fraction of sp³-hybridized carbons (Fsp3) is 0.0588. The van der Waals surface area contributed by atoms with Crippen LogP contribution in [0.25, 0.3) is 6.08 Å². The van der Waals surface area contributed by atoms with E-state index in [4.69, 9.17) is 16.3 Å². The average Bonchev–Trinajstić information content (AvgIpc) is 2.84. The summed E-state index contributed by atoms with van der Waals surface area (Å²) in [4.78, 5) is 23.9. The minimum atomic E-state index is -0.501. The topological polar surface area (TPSA) is 52.6 Å². The number of allylic oxidation sites excluding steroid dienone is 1. The van der Waals surface area contributed by atoms with Gasteiger partial charge in [0.05, 0.1) is 18.2 Å². The molecule has 0 fully saturated rings. The number of hydrogen-bond acceptors (Lipinski definition) is 4. The van der Waals surface area contributed by atoms with Crippen LogP contribution in [-0.4, -0.2) is 18.9 Å². The molecule has 0 saturated heterocycles. The number of ketones is 1. The van der Waals surface area contributed by atoms with E-state index in [2.05, 4.69) is 4.74 Å². The number of carbonyl (C=O) groups is 2. The van der Waals surface area contributed by atoms with Crippen LogP contribution < -0.4 is 4.74 Å². The summed E-state index contributed by atoms with van der Waals surface area (Å²) in [5.41, 5.74) is 1.33. The molecule has 0 radical (unpaired) electrons. The number of methoxy groups -OCH3 is 1. The second kappa shape index (κ2) is 5.66. The van der Waals surface area contributed by atoms with Crippen molar-refractivity contribution in [2.75, 3.05) is 7.11 Å². The van der Waals surface area contributed by atoms with Crippen molar-refractivity contribution in [2.45, 2.75) is 0 Å². The van der Waals surface area contributed by atoms with E-state index < -0.39 is 5.97 Å². The molecule has 1 aliphatic rings. The highest BCUT2D eigenvalue weighted by molar-refractivity contribution is 6.32. The van der Waals surface area contributed by atoms with Crippen molar-refractivity contribution in [1.82, 2.24) is 0 Å². The SMILES string of the molecule is COC(=O)c1ccc2c(c1)C(=O)/C(=C/c1ccccc1Cl)O2. The molecule has 22 heavy (non-hydrogen) atoms. The number of carbonyl (C=O) groups excluding carboxylic acids is 2. The Morgan fingerprint density at radius 1 is 1.23 bits per heavy atom. The minimum Gasteiger partial charge on any atom is -0.465 e. The Labute approximate surface area is 131 Å². The number of benzene rings is 2. The molecule has 1 aliphatic heterocycles. The van der Waals surface area contributed by atoms with E-state index in [0.29, 0.717) is 27.5 Å². The molecule has 1 heterocycles. The molecule has 0 spiro atoms. The molecule has 0 atom stereocenters. The minimum absolute atomic E-state index is 0.171. The summed E-state index contributed by atoms with van der Waals surface area (Å²) in [6.07, 6.45) is 1.59. The van der Waals surface area contributed by atoms with E-state index in [-0.39, 0.29) is 11.5 Å². The lowest BCUT2D eigenvalue weighted by molar-refractivity contribution is 0.0600. The molecule has 0 amide bonds. The quantitative estimate of drug-likeness (QED) is 0.626. The van der Waals surface area contributed by atoms with Gasteiger partial charge in [0, 0.05) is 5.02 Å². The maximum absolute atomic E-state index is 12.4. The van der Waals surface area contributed by atoms with Crippen molar-refractivity contribution in [2.24, 2.45) is 0 Å². The maximum Gasteiger partial charge on any atom is 0.337 e. The van der Waals surface area contributed by atoms with Crippen LogP contribution in [-0.2, 0) is 4.74 Å². The zero-order valence-corrected chi connectivity index (χ0v) is 12.4. The smallest absolute Gasteiger partial charge is 0.337 e. The van der Waals surface area contributed by atoms with Crippen molar-refractivity contribution in [3.05, 3.63) is 69.9 Å². The van der Waals surface area contributed by atoms with Crippen LogP contribution in [0, 0.1) is 0 Å². The third kappa shape index (κ3) is 2.49. The summed E-state index contributed by atoms with van der Waals surface area (Å²) >= 11 is 6.07. The zero-order valence-electron chi connectivity index (χ0n) is 11.6. The van der Waals surface area contributed by atoms with Crippen LogP contribution in [0.2, 0.25) is 5.02 Å². The molecule has 4 nitrogen and oxygen atoms in total. The summed E-state index contributed by atoms with van der Waals surface area (Å²) in [6, 6.07) is 11.7.